The van der Waals surface area contributed by atoms with Gasteiger partial charge in [0.1, 0.15) is 6.42 Å². The van der Waals surface area contributed by atoms with E-state index in [1.54, 1.807) is 54.6 Å². The summed E-state index contributed by atoms with van der Waals surface area (Å²) in [5.41, 5.74) is 2.16. The number of hydrogen-bond donors (Lipinski definition) is 1. The van der Waals surface area contributed by atoms with E-state index in [1.165, 1.54) is 4.90 Å². The minimum absolute atomic E-state index is 0.165. The number of carbonyl (C=O) groups is 3. The molecule has 0 spiro atoms. The van der Waals surface area contributed by atoms with Crippen molar-refractivity contribution in [3.8, 4) is 6.07 Å². The normalized spacial score (nSPS) is 12.7. The predicted molar refractivity (Wildman–Crippen MR) is 85.9 cm³/mol. The van der Waals surface area contributed by atoms with Crippen molar-refractivity contribution in [2.75, 3.05) is 5.32 Å². The Kier molecular flexibility index (Phi) is 4.08. The Morgan fingerprint density at radius 2 is 1.58 bits per heavy atom. The van der Waals surface area contributed by atoms with E-state index in [4.69, 9.17) is 5.26 Å². The summed E-state index contributed by atoms with van der Waals surface area (Å²) >= 11 is 0. The van der Waals surface area contributed by atoms with Gasteiger partial charge >= 0.3 is 0 Å². The van der Waals surface area contributed by atoms with Crippen LogP contribution in [0.15, 0.2) is 48.5 Å². The van der Waals surface area contributed by atoms with E-state index < -0.39 is 0 Å². The average Bonchev–Trinajstić information content (AvgIpc) is 2.82. The van der Waals surface area contributed by atoms with Crippen LogP contribution in [-0.2, 0) is 11.3 Å². The molecular weight excluding hydrogens is 306 g/mol. The van der Waals surface area contributed by atoms with E-state index >= 15 is 0 Å². The number of fused-ring (bicyclic) bond motifs is 1. The van der Waals surface area contributed by atoms with Gasteiger partial charge in [0.15, 0.2) is 0 Å². The fourth-order valence-corrected chi connectivity index (χ4v) is 2.54. The molecule has 1 aliphatic rings. The molecule has 3 amide bonds. The molecule has 118 valence electrons. The minimum Gasteiger partial charge on any atom is -0.325 e. The SMILES string of the molecule is N#CCC(=O)Nc1ccc(CN2C(=O)c3ccccc3C2=O)cc1. The quantitative estimate of drug-likeness (QED) is 0.876. The Labute approximate surface area is 138 Å². The Morgan fingerprint density at radius 1 is 1.00 bits per heavy atom. The third-order valence-corrected chi connectivity index (χ3v) is 3.70. The van der Waals surface area contributed by atoms with Gasteiger partial charge in [-0.15, -0.1) is 0 Å². The lowest BCUT2D eigenvalue weighted by Crippen LogP contribution is -2.29. The standard InChI is InChI=1S/C18H13N3O3/c19-10-9-16(22)20-13-7-5-12(6-8-13)11-21-17(23)14-3-1-2-4-15(14)18(21)24/h1-8H,9,11H2,(H,20,22). The van der Waals surface area contributed by atoms with Crippen molar-refractivity contribution >= 4 is 23.4 Å². The summed E-state index contributed by atoms with van der Waals surface area (Å²) in [5.74, 6) is -0.991. The fraction of sp³-hybridized carbons (Fsp3) is 0.111. The van der Waals surface area contributed by atoms with Crippen LogP contribution in [0.4, 0.5) is 5.69 Å². The molecule has 1 N–H and O–H groups in total. The van der Waals surface area contributed by atoms with Gasteiger partial charge in [-0.1, -0.05) is 24.3 Å². The topological polar surface area (TPSA) is 90.3 Å². The van der Waals surface area contributed by atoms with E-state index in [0.717, 1.165) is 5.56 Å². The molecule has 0 aromatic heterocycles. The van der Waals surface area contributed by atoms with Gasteiger partial charge in [0, 0.05) is 5.69 Å². The van der Waals surface area contributed by atoms with Gasteiger partial charge in [0.2, 0.25) is 5.91 Å². The molecule has 0 aliphatic carbocycles. The fourth-order valence-electron chi connectivity index (χ4n) is 2.54. The number of benzene rings is 2. The van der Waals surface area contributed by atoms with Gasteiger partial charge in [-0.25, -0.2) is 0 Å². The number of amides is 3. The first-order valence-corrected chi connectivity index (χ1v) is 7.31. The molecule has 0 saturated heterocycles. The maximum atomic E-state index is 12.3. The number of nitrogens with zero attached hydrogens (tertiary/aromatic N) is 2. The van der Waals surface area contributed by atoms with Gasteiger partial charge in [-0.2, -0.15) is 5.26 Å². The molecule has 2 aromatic rings. The first kappa shape index (κ1) is 15.4. The van der Waals surface area contributed by atoms with Crippen LogP contribution in [0.1, 0.15) is 32.7 Å². The van der Waals surface area contributed by atoms with Gasteiger partial charge in [-0.3, -0.25) is 19.3 Å². The van der Waals surface area contributed by atoms with Crippen LogP contribution in [0.2, 0.25) is 0 Å². The van der Waals surface area contributed by atoms with E-state index in [9.17, 15) is 14.4 Å². The van der Waals surface area contributed by atoms with Crippen LogP contribution in [0.5, 0.6) is 0 Å². The van der Waals surface area contributed by atoms with Gasteiger partial charge in [0.05, 0.1) is 23.7 Å². The van der Waals surface area contributed by atoms with Crippen LogP contribution in [0, 0.1) is 11.3 Å². The summed E-state index contributed by atoms with van der Waals surface area (Å²) in [5, 5.41) is 11.0. The average molecular weight is 319 g/mol. The molecule has 0 atom stereocenters. The van der Waals surface area contributed by atoms with Crippen LogP contribution >= 0.6 is 0 Å². The van der Waals surface area contributed by atoms with E-state index in [-0.39, 0.29) is 30.7 Å². The Morgan fingerprint density at radius 3 is 2.12 bits per heavy atom. The molecule has 6 nitrogen and oxygen atoms in total. The first-order valence-electron chi connectivity index (χ1n) is 7.31. The molecule has 0 saturated carbocycles. The first-order chi connectivity index (χ1) is 11.6. The maximum absolute atomic E-state index is 12.3. The van der Waals surface area contributed by atoms with Crippen LogP contribution in [0.3, 0.4) is 0 Å². The third kappa shape index (κ3) is 2.88. The lowest BCUT2D eigenvalue weighted by Gasteiger charge is -2.14. The lowest BCUT2D eigenvalue weighted by atomic mass is 10.1. The Balaban J connectivity index is 1.72. The molecule has 6 heteroatoms. The molecule has 24 heavy (non-hydrogen) atoms. The minimum atomic E-state index is -0.384. The molecule has 1 aliphatic heterocycles. The number of hydrogen-bond acceptors (Lipinski definition) is 4. The molecule has 0 unspecified atom stereocenters. The molecule has 0 fully saturated rings. The Hall–Kier alpha value is -3.46. The zero-order chi connectivity index (χ0) is 17.1. The second kappa shape index (κ2) is 6.34. The molecule has 3 rings (SSSR count). The lowest BCUT2D eigenvalue weighted by molar-refractivity contribution is -0.115. The summed E-state index contributed by atoms with van der Waals surface area (Å²) in [4.78, 5) is 37.2. The van der Waals surface area contributed by atoms with Crippen LogP contribution in [-0.4, -0.2) is 22.6 Å². The second-order valence-corrected chi connectivity index (χ2v) is 5.32. The van der Waals surface area contributed by atoms with Crippen LogP contribution < -0.4 is 5.32 Å². The monoisotopic (exact) mass is 319 g/mol. The molecule has 0 radical (unpaired) electrons. The number of rotatable bonds is 4. The predicted octanol–water partition coefficient (Wildman–Crippen LogP) is 2.33. The highest BCUT2D eigenvalue weighted by Gasteiger charge is 2.34. The summed E-state index contributed by atoms with van der Waals surface area (Å²) in [6.45, 7) is 0.165. The van der Waals surface area contributed by atoms with Crippen molar-refractivity contribution in [3.05, 3.63) is 65.2 Å². The largest absolute Gasteiger partial charge is 0.325 e. The zero-order valence-electron chi connectivity index (χ0n) is 12.7. The molecular formula is C18H13N3O3. The molecule has 0 bridgehead atoms. The Bertz CT molecular complexity index is 831. The summed E-state index contributed by atoms with van der Waals surface area (Å²) < 4.78 is 0. The highest BCUT2D eigenvalue weighted by Crippen LogP contribution is 2.24. The van der Waals surface area contributed by atoms with Crippen molar-refractivity contribution in [3.63, 3.8) is 0 Å². The number of imide groups is 1. The van der Waals surface area contributed by atoms with Gasteiger partial charge < -0.3 is 5.32 Å². The van der Waals surface area contributed by atoms with Crippen molar-refractivity contribution in [1.82, 2.24) is 4.90 Å². The van der Waals surface area contributed by atoms with Crippen molar-refractivity contribution in [1.29, 1.82) is 5.26 Å². The molecule has 1 heterocycles. The van der Waals surface area contributed by atoms with Gasteiger partial charge in [-0.05, 0) is 29.8 Å². The van der Waals surface area contributed by atoms with Crippen molar-refractivity contribution in [2.24, 2.45) is 0 Å². The number of carbonyl (C=O) groups excluding carboxylic acids is 3. The highest BCUT2D eigenvalue weighted by atomic mass is 16.2. The second-order valence-electron chi connectivity index (χ2n) is 5.32. The summed E-state index contributed by atoms with van der Waals surface area (Å²) in [6.07, 6.45) is -0.212. The summed E-state index contributed by atoms with van der Waals surface area (Å²) in [7, 11) is 0. The van der Waals surface area contributed by atoms with Crippen molar-refractivity contribution in [2.45, 2.75) is 13.0 Å². The van der Waals surface area contributed by atoms with E-state index in [1.807, 2.05) is 0 Å². The van der Waals surface area contributed by atoms with Gasteiger partial charge in [0.25, 0.3) is 11.8 Å². The summed E-state index contributed by atoms with van der Waals surface area (Å²) in [6, 6.07) is 15.3. The van der Waals surface area contributed by atoms with E-state index in [2.05, 4.69) is 5.32 Å². The van der Waals surface area contributed by atoms with Crippen LogP contribution in [0.25, 0.3) is 0 Å². The molecule has 2 aromatic carbocycles. The number of nitriles is 1. The number of nitrogens with one attached hydrogen (secondary N) is 1. The van der Waals surface area contributed by atoms with E-state index in [0.29, 0.717) is 16.8 Å². The number of anilines is 1. The smallest absolute Gasteiger partial charge is 0.261 e. The zero-order valence-corrected chi connectivity index (χ0v) is 12.7. The highest BCUT2D eigenvalue weighted by molar-refractivity contribution is 6.21. The van der Waals surface area contributed by atoms with Crippen molar-refractivity contribution < 1.29 is 14.4 Å². The maximum Gasteiger partial charge on any atom is 0.261 e. The third-order valence-electron chi connectivity index (χ3n) is 3.70.